The number of hydrogen-bond donors (Lipinski definition) is 1. The lowest BCUT2D eigenvalue weighted by molar-refractivity contribution is 0.0697. The van der Waals surface area contributed by atoms with E-state index in [9.17, 15) is 9.90 Å². The standard InChI is InChI=1S/C16H11ClO3/c1-9-5-6-11(16(18)19)12(7-9)14-8-10-3-2-4-13(17)15(10)20-14/h2-8H,1H3,(H,18,19). The molecule has 0 aliphatic heterocycles. The van der Waals surface area contributed by atoms with Crippen molar-refractivity contribution in [1.29, 1.82) is 0 Å². The predicted molar refractivity (Wildman–Crippen MR) is 78.4 cm³/mol. The van der Waals surface area contributed by atoms with E-state index < -0.39 is 5.97 Å². The zero-order chi connectivity index (χ0) is 14.3. The average molecular weight is 287 g/mol. The van der Waals surface area contributed by atoms with Crippen LogP contribution in [0.1, 0.15) is 15.9 Å². The summed E-state index contributed by atoms with van der Waals surface area (Å²) in [4.78, 5) is 11.3. The highest BCUT2D eigenvalue weighted by molar-refractivity contribution is 6.34. The number of carboxylic acids is 1. The minimum absolute atomic E-state index is 0.214. The van der Waals surface area contributed by atoms with Crippen LogP contribution in [0.4, 0.5) is 0 Å². The quantitative estimate of drug-likeness (QED) is 0.739. The molecule has 0 aliphatic carbocycles. The van der Waals surface area contributed by atoms with Gasteiger partial charge in [0.25, 0.3) is 0 Å². The summed E-state index contributed by atoms with van der Waals surface area (Å²) in [5, 5.41) is 10.6. The highest BCUT2D eigenvalue weighted by Gasteiger charge is 2.16. The summed E-state index contributed by atoms with van der Waals surface area (Å²) in [5.74, 6) is -0.472. The van der Waals surface area contributed by atoms with Gasteiger partial charge in [0.15, 0.2) is 5.58 Å². The molecule has 0 unspecified atom stereocenters. The number of rotatable bonds is 2. The van der Waals surface area contributed by atoms with Crippen LogP contribution in [0.3, 0.4) is 0 Å². The van der Waals surface area contributed by atoms with E-state index in [1.807, 2.05) is 25.1 Å². The third-order valence-electron chi connectivity index (χ3n) is 3.17. The Hall–Kier alpha value is -2.26. The Labute approximate surface area is 120 Å². The SMILES string of the molecule is Cc1ccc(C(=O)O)c(-c2cc3cccc(Cl)c3o2)c1. The van der Waals surface area contributed by atoms with E-state index in [1.165, 1.54) is 0 Å². The first-order valence-corrected chi connectivity index (χ1v) is 6.46. The van der Waals surface area contributed by atoms with E-state index in [-0.39, 0.29) is 5.56 Å². The molecule has 3 rings (SSSR count). The largest absolute Gasteiger partial charge is 0.478 e. The van der Waals surface area contributed by atoms with Crippen molar-refractivity contribution in [3.05, 3.63) is 58.6 Å². The molecule has 4 heteroatoms. The van der Waals surface area contributed by atoms with Gasteiger partial charge in [0.1, 0.15) is 5.76 Å². The second kappa shape index (κ2) is 4.69. The molecule has 0 saturated heterocycles. The Morgan fingerprint density at radius 2 is 2.00 bits per heavy atom. The number of aryl methyl sites for hydroxylation is 1. The molecule has 3 aromatic rings. The maximum atomic E-state index is 11.3. The van der Waals surface area contributed by atoms with Crippen LogP contribution in [0.5, 0.6) is 0 Å². The molecular formula is C16H11ClO3. The van der Waals surface area contributed by atoms with Gasteiger partial charge < -0.3 is 9.52 Å². The van der Waals surface area contributed by atoms with E-state index in [1.54, 1.807) is 24.3 Å². The van der Waals surface area contributed by atoms with Gasteiger partial charge in [-0.15, -0.1) is 0 Å². The summed E-state index contributed by atoms with van der Waals surface area (Å²) in [6.07, 6.45) is 0. The van der Waals surface area contributed by atoms with Crippen LogP contribution < -0.4 is 0 Å². The number of carboxylic acid groups (broad SMARTS) is 1. The number of fused-ring (bicyclic) bond motifs is 1. The molecule has 1 heterocycles. The molecule has 3 nitrogen and oxygen atoms in total. The predicted octanol–water partition coefficient (Wildman–Crippen LogP) is 4.76. The summed E-state index contributed by atoms with van der Waals surface area (Å²) in [6.45, 7) is 1.91. The third kappa shape index (κ3) is 2.06. The molecule has 0 atom stereocenters. The first-order chi connectivity index (χ1) is 9.56. The van der Waals surface area contributed by atoms with Crippen molar-refractivity contribution >= 4 is 28.5 Å². The molecule has 1 aromatic heterocycles. The molecule has 0 fully saturated rings. The number of carbonyl (C=O) groups is 1. The molecule has 0 saturated carbocycles. The summed E-state index contributed by atoms with van der Waals surface area (Å²) >= 11 is 6.08. The smallest absolute Gasteiger partial charge is 0.336 e. The second-order valence-corrected chi connectivity index (χ2v) is 5.03. The lowest BCUT2D eigenvalue weighted by Gasteiger charge is -2.04. The number of benzene rings is 2. The summed E-state index contributed by atoms with van der Waals surface area (Å²) in [6, 6.07) is 12.4. The monoisotopic (exact) mass is 286 g/mol. The highest BCUT2D eigenvalue weighted by Crippen LogP contribution is 2.34. The van der Waals surface area contributed by atoms with Crippen molar-refractivity contribution < 1.29 is 14.3 Å². The topological polar surface area (TPSA) is 50.4 Å². The van der Waals surface area contributed by atoms with Gasteiger partial charge in [-0.3, -0.25) is 0 Å². The van der Waals surface area contributed by atoms with E-state index >= 15 is 0 Å². The summed E-state index contributed by atoms with van der Waals surface area (Å²) < 4.78 is 5.74. The Morgan fingerprint density at radius 1 is 1.20 bits per heavy atom. The van der Waals surface area contributed by atoms with Crippen LogP contribution in [0, 0.1) is 6.92 Å². The van der Waals surface area contributed by atoms with Gasteiger partial charge in [0.05, 0.1) is 10.6 Å². The van der Waals surface area contributed by atoms with Crippen molar-refractivity contribution in [2.75, 3.05) is 0 Å². The summed E-state index contributed by atoms with van der Waals surface area (Å²) in [5.41, 5.74) is 2.31. The normalized spacial score (nSPS) is 10.9. The van der Waals surface area contributed by atoms with Crippen molar-refractivity contribution in [3.63, 3.8) is 0 Å². The fourth-order valence-corrected chi connectivity index (χ4v) is 2.43. The maximum absolute atomic E-state index is 11.3. The van der Waals surface area contributed by atoms with Gasteiger partial charge in [-0.2, -0.15) is 0 Å². The van der Waals surface area contributed by atoms with Gasteiger partial charge >= 0.3 is 5.97 Å². The van der Waals surface area contributed by atoms with Crippen LogP contribution in [-0.4, -0.2) is 11.1 Å². The minimum Gasteiger partial charge on any atom is -0.478 e. The Bertz CT molecular complexity index is 818. The van der Waals surface area contributed by atoms with Crippen LogP contribution in [0.2, 0.25) is 5.02 Å². The molecule has 2 aromatic carbocycles. The van der Waals surface area contributed by atoms with Gasteiger partial charge in [-0.1, -0.05) is 35.4 Å². The average Bonchev–Trinajstić information content (AvgIpc) is 2.83. The van der Waals surface area contributed by atoms with Crippen LogP contribution in [-0.2, 0) is 0 Å². The van der Waals surface area contributed by atoms with E-state index in [0.29, 0.717) is 21.9 Å². The lowest BCUT2D eigenvalue weighted by atomic mass is 10.0. The number of furan rings is 1. The van der Waals surface area contributed by atoms with E-state index in [4.69, 9.17) is 16.0 Å². The van der Waals surface area contributed by atoms with Crippen molar-refractivity contribution in [2.45, 2.75) is 6.92 Å². The number of hydrogen-bond acceptors (Lipinski definition) is 2. The van der Waals surface area contributed by atoms with Crippen molar-refractivity contribution in [3.8, 4) is 11.3 Å². The Balaban J connectivity index is 2.27. The van der Waals surface area contributed by atoms with Crippen LogP contribution >= 0.6 is 11.6 Å². The highest BCUT2D eigenvalue weighted by atomic mass is 35.5. The molecule has 0 bridgehead atoms. The second-order valence-electron chi connectivity index (χ2n) is 4.62. The minimum atomic E-state index is -0.980. The summed E-state index contributed by atoms with van der Waals surface area (Å²) in [7, 11) is 0. The Kier molecular flexibility index (Phi) is 2.99. The molecule has 1 N–H and O–H groups in total. The fraction of sp³-hybridized carbons (Fsp3) is 0.0625. The molecule has 0 amide bonds. The Morgan fingerprint density at radius 3 is 2.70 bits per heavy atom. The first kappa shape index (κ1) is 12.8. The first-order valence-electron chi connectivity index (χ1n) is 6.08. The van der Waals surface area contributed by atoms with E-state index in [0.717, 1.165) is 10.9 Å². The van der Waals surface area contributed by atoms with Crippen molar-refractivity contribution in [1.82, 2.24) is 0 Å². The fourth-order valence-electron chi connectivity index (χ4n) is 2.21. The van der Waals surface area contributed by atoms with Crippen LogP contribution in [0.25, 0.3) is 22.3 Å². The molecule has 0 spiro atoms. The molecule has 100 valence electrons. The number of aromatic carboxylic acids is 1. The van der Waals surface area contributed by atoms with Gasteiger partial charge in [-0.25, -0.2) is 4.79 Å². The molecule has 20 heavy (non-hydrogen) atoms. The van der Waals surface area contributed by atoms with Crippen molar-refractivity contribution in [2.24, 2.45) is 0 Å². The van der Waals surface area contributed by atoms with Crippen LogP contribution in [0.15, 0.2) is 46.9 Å². The zero-order valence-corrected chi connectivity index (χ0v) is 11.4. The zero-order valence-electron chi connectivity index (χ0n) is 10.7. The number of halogens is 1. The van der Waals surface area contributed by atoms with Gasteiger partial charge in [0, 0.05) is 10.9 Å². The molecule has 0 radical (unpaired) electrons. The maximum Gasteiger partial charge on any atom is 0.336 e. The van der Waals surface area contributed by atoms with Gasteiger partial charge in [-0.05, 0) is 31.2 Å². The van der Waals surface area contributed by atoms with E-state index in [2.05, 4.69) is 0 Å². The number of para-hydroxylation sites is 1. The molecule has 0 aliphatic rings. The van der Waals surface area contributed by atoms with Gasteiger partial charge in [0.2, 0.25) is 0 Å². The third-order valence-corrected chi connectivity index (χ3v) is 3.46. The lowest BCUT2D eigenvalue weighted by Crippen LogP contribution is -1.99. The molecular weight excluding hydrogens is 276 g/mol.